The van der Waals surface area contributed by atoms with Gasteiger partial charge in [-0.05, 0) is 35.4 Å². The molecule has 9 heteroatoms. The molecule has 3 rings (SSSR count). The fraction of sp³-hybridized carbons (Fsp3) is 0.312. The van der Waals surface area contributed by atoms with Crippen LogP contribution in [0.1, 0.15) is 29.2 Å². The molecular formula is C16H16N6O2S. The van der Waals surface area contributed by atoms with Crippen LogP contribution in [-0.4, -0.2) is 44.3 Å². The summed E-state index contributed by atoms with van der Waals surface area (Å²) in [4.78, 5) is 24.3. The summed E-state index contributed by atoms with van der Waals surface area (Å²) in [6.07, 6.45) is 7.26. The minimum atomic E-state index is -0.334. The highest BCUT2D eigenvalue weighted by atomic mass is 32.2. The number of carbonyl (C=O) groups is 2. The van der Waals surface area contributed by atoms with E-state index < -0.39 is 0 Å². The summed E-state index contributed by atoms with van der Waals surface area (Å²) >= 11 is 1.27. The van der Waals surface area contributed by atoms with Gasteiger partial charge in [-0.1, -0.05) is 29.8 Å². The molecule has 0 unspecified atom stereocenters. The van der Waals surface area contributed by atoms with E-state index in [0.717, 1.165) is 12.8 Å². The van der Waals surface area contributed by atoms with Crippen LogP contribution in [0.15, 0.2) is 29.4 Å². The first-order valence-electron chi connectivity index (χ1n) is 7.70. The number of hydrogen-bond acceptors (Lipinski definition) is 6. The van der Waals surface area contributed by atoms with Crippen molar-refractivity contribution < 1.29 is 9.59 Å². The monoisotopic (exact) mass is 356 g/mol. The van der Waals surface area contributed by atoms with E-state index in [4.69, 9.17) is 6.42 Å². The van der Waals surface area contributed by atoms with Gasteiger partial charge in [-0.2, -0.15) is 0 Å². The molecule has 1 aliphatic carbocycles. The van der Waals surface area contributed by atoms with Crippen molar-refractivity contribution in [1.82, 2.24) is 25.5 Å². The summed E-state index contributed by atoms with van der Waals surface area (Å²) in [5.41, 5.74) is 0.795. The van der Waals surface area contributed by atoms with Gasteiger partial charge in [0.25, 0.3) is 5.91 Å². The van der Waals surface area contributed by atoms with Crippen LogP contribution in [0.5, 0.6) is 0 Å². The number of nitrogens with zero attached hydrogens (tertiary/aromatic N) is 4. The Morgan fingerprint density at radius 3 is 2.92 bits per heavy atom. The lowest BCUT2D eigenvalue weighted by Crippen LogP contribution is -2.25. The quantitative estimate of drug-likeness (QED) is 0.569. The van der Waals surface area contributed by atoms with E-state index in [1.807, 2.05) is 0 Å². The van der Waals surface area contributed by atoms with Crippen LogP contribution in [0, 0.1) is 12.3 Å². The molecule has 0 atom stereocenters. The minimum Gasteiger partial charge on any atom is -0.341 e. The number of hydrogen-bond donors (Lipinski definition) is 2. The molecule has 0 bridgehead atoms. The van der Waals surface area contributed by atoms with Crippen molar-refractivity contribution in [1.29, 1.82) is 0 Å². The van der Waals surface area contributed by atoms with Crippen molar-refractivity contribution in [3.8, 4) is 12.3 Å². The number of carbonyl (C=O) groups excluding carboxylic acids is 2. The predicted octanol–water partition coefficient (Wildman–Crippen LogP) is 1.10. The molecular weight excluding hydrogens is 340 g/mol. The first-order valence-corrected chi connectivity index (χ1v) is 8.69. The van der Waals surface area contributed by atoms with Gasteiger partial charge in [0.1, 0.15) is 0 Å². The second-order valence-corrected chi connectivity index (χ2v) is 6.35. The number of rotatable bonds is 7. The second-order valence-electron chi connectivity index (χ2n) is 5.41. The Bertz CT molecular complexity index is 824. The number of anilines is 1. The van der Waals surface area contributed by atoms with Gasteiger partial charge in [0.05, 0.1) is 29.6 Å². The van der Waals surface area contributed by atoms with Crippen LogP contribution in [0.3, 0.4) is 0 Å². The van der Waals surface area contributed by atoms with Gasteiger partial charge < -0.3 is 10.6 Å². The average Bonchev–Trinajstić information content (AvgIpc) is 3.36. The second kappa shape index (κ2) is 7.81. The number of para-hydroxylation sites is 1. The summed E-state index contributed by atoms with van der Waals surface area (Å²) in [7, 11) is 0. The Balaban J connectivity index is 1.60. The van der Waals surface area contributed by atoms with Gasteiger partial charge in [-0.25, -0.2) is 4.68 Å². The number of thioether (sulfide) groups is 1. The van der Waals surface area contributed by atoms with Crippen LogP contribution >= 0.6 is 11.8 Å². The van der Waals surface area contributed by atoms with Crippen molar-refractivity contribution in [2.75, 3.05) is 17.6 Å². The first-order chi connectivity index (χ1) is 12.2. The lowest BCUT2D eigenvalue weighted by molar-refractivity contribution is -0.113. The maximum atomic E-state index is 12.2. The van der Waals surface area contributed by atoms with Crippen molar-refractivity contribution in [3.63, 3.8) is 0 Å². The van der Waals surface area contributed by atoms with Gasteiger partial charge in [0.15, 0.2) is 0 Å². The molecule has 2 amide bonds. The minimum absolute atomic E-state index is 0.126. The Kier molecular flexibility index (Phi) is 5.30. The lowest BCUT2D eigenvalue weighted by atomic mass is 10.1. The zero-order chi connectivity index (χ0) is 17.6. The highest BCUT2D eigenvalue weighted by Gasteiger charge is 2.28. The Labute approximate surface area is 148 Å². The van der Waals surface area contributed by atoms with Crippen molar-refractivity contribution >= 4 is 29.3 Å². The van der Waals surface area contributed by atoms with E-state index in [-0.39, 0.29) is 24.1 Å². The molecule has 1 fully saturated rings. The molecule has 0 saturated heterocycles. The standard InChI is InChI=1S/C16H16N6O2S/c1-2-9-17-15(24)12-5-3-4-6-13(12)18-14(23)10-25-16-19-20-21-22(16)11-7-8-11/h1,3-6,11H,7-10H2,(H,17,24)(H,18,23). The molecule has 1 aliphatic rings. The van der Waals surface area contributed by atoms with Gasteiger partial charge in [-0.3, -0.25) is 9.59 Å². The van der Waals surface area contributed by atoms with Gasteiger partial charge in [-0.15, -0.1) is 11.5 Å². The molecule has 8 nitrogen and oxygen atoms in total. The summed E-state index contributed by atoms with van der Waals surface area (Å²) in [5, 5.41) is 17.5. The molecule has 0 radical (unpaired) electrons. The Morgan fingerprint density at radius 2 is 2.16 bits per heavy atom. The van der Waals surface area contributed by atoms with E-state index in [2.05, 4.69) is 32.1 Å². The Hall–Kier alpha value is -2.86. The lowest BCUT2D eigenvalue weighted by Gasteiger charge is -2.10. The maximum absolute atomic E-state index is 12.2. The number of terminal acetylenes is 1. The van der Waals surface area contributed by atoms with Gasteiger partial charge >= 0.3 is 0 Å². The zero-order valence-corrected chi connectivity index (χ0v) is 14.1. The van der Waals surface area contributed by atoms with E-state index in [0.29, 0.717) is 22.4 Å². The van der Waals surface area contributed by atoms with E-state index in [9.17, 15) is 9.59 Å². The van der Waals surface area contributed by atoms with E-state index in [1.54, 1.807) is 28.9 Å². The fourth-order valence-corrected chi connectivity index (χ4v) is 2.91. The Morgan fingerprint density at radius 1 is 1.36 bits per heavy atom. The molecule has 1 aromatic heterocycles. The van der Waals surface area contributed by atoms with E-state index >= 15 is 0 Å². The summed E-state index contributed by atoms with van der Waals surface area (Å²) in [5.74, 6) is 1.91. The number of benzene rings is 1. The summed E-state index contributed by atoms with van der Waals surface area (Å²) < 4.78 is 1.75. The third-order valence-corrected chi connectivity index (χ3v) is 4.42. The highest BCUT2D eigenvalue weighted by molar-refractivity contribution is 7.99. The predicted molar refractivity (Wildman–Crippen MR) is 93.0 cm³/mol. The van der Waals surface area contributed by atoms with Crippen LogP contribution < -0.4 is 10.6 Å². The molecule has 128 valence electrons. The third-order valence-electron chi connectivity index (χ3n) is 3.48. The number of nitrogens with one attached hydrogen (secondary N) is 2. The maximum Gasteiger partial charge on any atom is 0.254 e. The smallest absolute Gasteiger partial charge is 0.254 e. The van der Waals surface area contributed by atoms with Crippen molar-refractivity contribution in [2.24, 2.45) is 0 Å². The van der Waals surface area contributed by atoms with Crippen molar-refractivity contribution in [3.05, 3.63) is 29.8 Å². The number of tetrazole rings is 1. The summed E-state index contributed by atoms with van der Waals surface area (Å²) in [6.45, 7) is 0.126. The molecule has 2 aromatic rings. The highest BCUT2D eigenvalue weighted by Crippen LogP contribution is 2.36. The topological polar surface area (TPSA) is 102 Å². The first kappa shape index (κ1) is 17.0. The van der Waals surface area contributed by atoms with E-state index in [1.165, 1.54) is 11.8 Å². The molecule has 1 aromatic carbocycles. The van der Waals surface area contributed by atoms with Gasteiger partial charge in [0.2, 0.25) is 11.1 Å². The SMILES string of the molecule is C#CCNC(=O)c1ccccc1NC(=O)CSc1nnnn1C1CC1. The normalized spacial score (nSPS) is 13.1. The van der Waals surface area contributed by atoms with Crippen LogP contribution in [-0.2, 0) is 4.79 Å². The fourth-order valence-electron chi connectivity index (χ4n) is 2.16. The third kappa shape index (κ3) is 4.36. The number of aromatic nitrogens is 4. The van der Waals surface area contributed by atoms with Crippen LogP contribution in [0.25, 0.3) is 0 Å². The molecule has 1 saturated carbocycles. The molecule has 2 N–H and O–H groups in total. The average molecular weight is 356 g/mol. The molecule has 0 spiro atoms. The van der Waals surface area contributed by atoms with Crippen LogP contribution in [0.2, 0.25) is 0 Å². The molecule has 25 heavy (non-hydrogen) atoms. The van der Waals surface area contributed by atoms with Gasteiger partial charge in [0, 0.05) is 0 Å². The van der Waals surface area contributed by atoms with Crippen LogP contribution in [0.4, 0.5) is 5.69 Å². The van der Waals surface area contributed by atoms with Crippen molar-refractivity contribution in [2.45, 2.75) is 24.0 Å². The molecule has 0 aliphatic heterocycles. The number of amides is 2. The molecule has 1 heterocycles. The zero-order valence-electron chi connectivity index (χ0n) is 13.3. The summed E-state index contributed by atoms with van der Waals surface area (Å²) in [6, 6.07) is 7.11. The largest absolute Gasteiger partial charge is 0.341 e.